The summed E-state index contributed by atoms with van der Waals surface area (Å²) in [6.07, 6.45) is 0. The van der Waals surface area contributed by atoms with Gasteiger partial charge in [-0.3, -0.25) is 0 Å². The van der Waals surface area contributed by atoms with Crippen LogP contribution >= 0.6 is 11.7 Å². The van der Waals surface area contributed by atoms with Gasteiger partial charge >= 0.3 is 0 Å². The molecule has 14 aromatic carbocycles. The molecule has 0 fully saturated rings. The lowest BCUT2D eigenvalue weighted by Crippen LogP contribution is -2.28. The van der Waals surface area contributed by atoms with Crippen molar-refractivity contribution in [3.63, 3.8) is 0 Å². The van der Waals surface area contributed by atoms with E-state index in [9.17, 15) is 0 Å². The van der Waals surface area contributed by atoms with Crippen LogP contribution in [0.1, 0.15) is 74.9 Å². The first kappa shape index (κ1) is 60.2. The van der Waals surface area contributed by atoms with Gasteiger partial charge in [0.05, 0.1) is 33.9 Å². The minimum absolute atomic E-state index is 0.104. The van der Waals surface area contributed by atoms with Crippen LogP contribution in [0.2, 0.25) is 0 Å². The molecule has 17 rings (SSSR count). The molecule has 0 amide bonds. The quantitative estimate of drug-likeness (QED) is 0.122. The molecule has 0 bridgehead atoms. The second-order valence-electron chi connectivity index (χ2n) is 28.3. The molecule has 470 valence electrons. The molecule has 0 saturated heterocycles. The van der Waals surface area contributed by atoms with Crippen LogP contribution in [0.25, 0.3) is 116 Å². The molecule has 2 heterocycles. The van der Waals surface area contributed by atoms with Crippen LogP contribution in [-0.4, -0.2) is 13.3 Å². The van der Waals surface area contributed by atoms with Gasteiger partial charge in [-0.05, 0) is 195 Å². The third-order valence-electron chi connectivity index (χ3n) is 20.4. The van der Waals surface area contributed by atoms with Gasteiger partial charge < -0.3 is 9.47 Å². The van der Waals surface area contributed by atoms with E-state index in [0.29, 0.717) is 0 Å². The largest absolute Gasteiger partial charge is 0.309 e. The fourth-order valence-electron chi connectivity index (χ4n) is 15.2. The van der Waals surface area contributed by atoms with Gasteiger partial charge in [0.2, 0.25) is 0 Å². The first-order chi connectivity index (χ1) is 47.8. The first-order valence-corrected chi connectivity index (χ1v) is 34.7. The van der Waals surface area contributed by atoms with E-state index in [2.05, 4.69) is 379 Å². The van der Waals surface area contributed by atoms with Crippen LogP contribution in [0.5, 0.6) is 0 Å². The Labute approximate surface area is 578 Å². The summed E-state index contributed by atoms with van der Waals surface area (Å²) in [5.74, 6) is 0. The van der Waals surface area contributed by atoms with E-state index in [1.54, 1.807) is 0 Å². The number of hydrogen-bond donors (Lipinski definition) is 0. The van der Waals surface area contributed by atoms with Gasteiger partial charge in [-0.2, -0.15) is 8.75 Å². The fraction of sp³-hybridized carbons (Fsp3) is 0.0968. The average Bonchev–Trinajstić information content (AvgIpc) is 1.53. The van der Waals surface area contributed by atoms with Gasteiger partial charge in [0.25, 0.3) is 0 Å². The number of nitrogens with zero attached hydrogens (tertiary/aromatic N) is 4. The maximum absolute atomic E-state index is 5.08. The summed E-state index contributed by atoms with van der Waals surface area (Å²) in [6.45, 7) is 13.6. The molecule has 5 heteroatoms. The SMILES string of the molecule is CC(C)(C)c1ccc(-c2ccc(-c3ccc4c(c3)c3cc(-c5ccc(-c6ccc(C(C)(C)C)cc6)cc5)ccc3n4-c3ccc(-c4ccc(N(c5ccccc5)c5ccc(-c6ccc7c(c6)C(c6ccccc6)(c6ccccc6)c6ccccc6-7)cc5)c5nsnc45)cc3)cc2)cc1. The van der Waals surface area contributed by atoms with Crippen molar-refractivity contribution in [2.45, 2.75) is 57.8 Å². The highest BCUT2D eigenvalue weighted by atomic mass is 32.1. The number of fused-ring (bicyclic) bond motifs is 7. The number of para-hydroxylation sites is 1. The molecule has 16 aromatic rings. The van der Waals surface area contributed by atoms with Crippen LogP contribution in [0.15, 0.2) is 328 Å². The second kappa shape index (κ2) is 24.0. The van der Waals surface area contributed by atoms with E-state index in [1.165, 1.54) is 117 Å². The third-order valence-corrected chi connectivity index (χ3v) is 20.9. The molecule has 1 aliphatic rings. The zero-order valence-corrected chi connectivity index (χ0v) is 56.7. The zero-order valence-electron chi connectivity index (χ0n) is 55.9. The van der Waals surface area contributed by atoms with Crippen LogP contribution in [-0.2, 0) is 16.2 Å². The molecule has 0 N–H and O–H groups in total. The fourth-order valence-corrected chi connectivity index (χ4v) is 15.8. The van der Waals surface area contributed by atoms with Crippen LogP contribution in [0.4, 0.5) is 17.1 Å². The average molecular weight is 1280 g/mol. The molecular formula is C93H72N4S. The predicted octanol–water partition coefficient (Wildman–Crippen LogP) is 25.2. The summed E-state index contributed by atoms with van der Waals surface area (Å²) in [7, 11) is 0. The Morgan fingerprint density at radius 3 is 1.19 bits per heavy atom. The lowest BCUT2D eigenvalue weighted by molar-refractivity contribution is 0.590. The summed E-state index contributed by atoms with van der Waals surface area (Å²) in [6, 6.07) is 121. The Morgan fingerprint density at radius 1 is 0.306 bits per heavy atom. The molecule has 0 spiro atoms. The molecule has 98 heavy (non-hydrogen) atoms. The molecular weight excluding hydrogens is 1210 g/mol. The Hall–Kier alpha value is -11.5. The molecule has 0 saturated carbocycles. The second-order valence-corrected chi connectivity index (χ2v) is 28.8. The minimum atomic E-state index is -0.482. The van der Waals surface area contributed by atoms with Crippen molar-refractivity contribution in [2.24, 2.45) is 0 Å². The van der Waals surface area contributed by atoms with Crippen LogP contribution in [0.3, 0.4) is 0 Å². The van der Waals surface area contributed by atoms with Crippen LogP contribution < -0.4 is 4.90 Å². The van der Waals surface area contributed by atoms with E-state index >= 15 is 0 Å². The van der Waals surface area contributed by atoms with Gasteiger partial charge in [0.1, 0.15) is 11.0 Å². The van der Waals surface area contributed by atoms with Crippen molar-refractivity contribution < 1.29 is 0 Å². The van der Waals surface area contributed by atoms with E-state index in [4.69, 9.17) is 8.75 Å². The predicted molar refractivity (Wildman–Crippen MR) is 414 cm³/mol. The smallest absolute Gasteiger partial charge is 0.129 e. The molecule has 0 radical (unpaired) electrons. The lowest BCUT2D eigenvalue weighted by atomic mass is 9.67. The minimum Gasteiger partial charge on any atom is -0.309 e. The summed E-state index contributed by atoms with van der Waals surface area (Å²) in [5, 5.41) is 2.40. The van der Waals surface area contributed by atoms with E-state index in [-0.39, 0.29) is 10.8 Å². The third kappa shape index (κ3) is 10.4. The van der Waals surface area contributed by atoms with Crippen molar-refractivity contribution in [1.29, 1.82) is 0 Å². The molecule has 0 unspecified atom stereocenters. The standard InChI is InChI=1S/C93H72N4S/c1-91(2,3)72-45-34-63(35-46-72)61-26-30-65(31-27-61)69-43-55-86-82(58-69)83-59-70(66-32-28-62(29-33-66)64-36-47-73(48-37-64)92(4,5)6)44-56-87(83)97(86)78-51-40-68(41-52-78)79-54-57-88(90-89(79)94-98-95-90)96(76-22-14-9-15-23-76)77-49-38-67(39-50-77)71-42-53-81-80-24-16-17-25-84(80)93(85(81)60-71,74-18-10-7-11-19-74)75-20-12-8-13-21-75/h7-60H,1-6H3. The van der Waals surface area contributed by atoms with Gasteiger partial charge in [0.15, 0.2) is 0 Å². The monoisotopic (exact) mass is 1280 g/mol. The molecule has 4 nitrogen and oxygen atoms in total. The Balaban J connectivity index is 0.710. The maximum Gasteiger partial charge on any atom is 0.129 e. The number of benzene rings is 14. The topological polar surface area (TPSA) is 34.0 Å². The van der Waals surface area contributed by atoms with Crippen molar-refractivity contribution in [3.8, 4) is 83.6 Å². The maximum atomic E-state index is 5.08. The highest BCUT2D eigenvalue weighted by molar-refractivity contribution is 7.00. The van der Waals surface area contributed by atoms with E-state index < -0.39 is 5.41 Å². The summed E-state index contributed by atoms with van der Waals surface area (Å²) in [4.78, 5) is 2.32. The number of hydrogen-bond acceptors (Lipinski definition) is 4. The lowest BCUT2D eigenvalue weighted by Gasteiger charge is -2.34. The highest BCUT2D eigenvalue weighted by Gasteiger charge is 2.46. The molecule has 0 atom stereocenters. The van der Waals surface area contributed by atoms with Gasteiger partial charge in [-0.15, -0.1) is 0 Å². The Kier molecular flexibility index (Phi) is 14.7. The van der Waals surface area contributed by atoms with Gasteiger partial charge in [-0.25, -0.2) is 0 Å². The summed E-state index contributed by atoms with van der Waals surface area (Å²) in [5.41, 5.74) is 32.2. The van der Waals surface area contributed by atoms with Crippen molar-refractivity contribution >= 4 is 61.6 Å². The molecule has 2 aromatic heterocycles. The first-order valence-electron chi connectivity index (χ1n) is 34.0. The molecule has 1 aliphatic carbocycles. The normalized spacial score (nSPS) is 12.7. The summed E-state index contributed by atoms with van der Waals surface area (Å²) < 4.78 is 12.6. The summed E-state index contributed by atoms with van der Waals surface area (Å²) >= 11 is 1.26. The number of aromatic nitrogens is 3. The van der Waals surface area contributed by atoms with E-state index in [1.807, 2.05) is 0 Å². The Morgan fingerprint density at radius 2 is 0.684 bits per heavy atom. The van der Waals surface area contributed by atoms with Crippen molar-refractivity contribution in [3.05, 3.63) is 361 Å². The van der Waals surface area contributed by atoms with Crippen molar-refractivity contribution in [2.75, 3.05) is 4.90 Å². The molecule has 0 aliphatic heterocycles. The highest BCUT2D eigenvalue weighted by Crippen LogP contribution is 2.57. The van der Waals surface area contributed by atoms with Gasteiger partial charge in [-0.1, -0.05) is 290 Å². The van der Waals surface area contributed by atoms with Crippen molar-refractivity contribution in [1.82, 2.24) is 13.3 Å². The van der Waals surface area contributed by atoms with Gasteiger partial charge in [0, 0.05) is 33.4 Å². The Bertz CT molecular complexity index is 5430. The van der Waals surface area contributed by atoms with Crippen LogP contribution in [0, 0.1) is 0 Å². The number of anilines is 3. The van der Waals surface area contributed by atoms with E-state index in [0.717, 1.165) is 61.5 Å². The number of rotatable bonds is 12. The zero-order chi connectivity index (χ0) is 66.3.